The Hall–Kier alpha value is -3.15. The van der Waals surface area contributed by atoms with Crippen LogP contribution in [0.2, 0.25) is 0 Å². The average Bonchev–Trinajstić information content (AvgIpc) is 2.58. The molecule has 0 aliphatic carbocycles. The number of nitrogens with one attached hydrogen (secondary N) is 1. The Morgan fingerprint density at radius 2 is 1.67 bits per heavy atom. The van der Waals surface area contributed by atoms with Crippen molar-refractivity contribution in [3.05, 3.63) is 59.2 Å². The van der Waals surface area contributed by atoms with E-state index in [-0.39, 0.29) is 30.5 Å². The van der Waals surface area contributed by atoms with E-state index in [9.17, 15) is 14.4 Å². The third-order valence-corrected chi connectivity index (χ3v) is 3.88. The van der Waals surface area contributed by atoms with Crippen LogP contribution in [0, 0.1) is 13.8 Å². The molecular formula is C21H24N2O4. The minimum atomic E-state index is -0.533. The minimum Gasteiger partial charge on any atom is -0.462 e. The average molecular weight is 368 g/mol. The fourth-order valence-electron chi connectivity index (χ4n) is 2.85. The quantitative estimate of drug-likeness (QED) is 0.792. The molecule has 0 unspecified atom stereocenters. The van der Waals surface area contributed by atoms with E-state index in [4.69, 9.17) is 4.74 Å². The van der Waals surface area contributed by atoms with Crippen LogP contribution in [-0.2, 0) is 14.3 Å². The maximum Gasteiger partial charge on any atom is 0.340 e. The predicted octanol–water partition coefficient (Wildman–Crippen LogP) is 3.47. The van der Waals surface area contributed by atoms with Crippen LogP contribution in [0.15, 0.2) is 42.5 Å². The van der Waals surface area contributed by atoms with Crippen molar-refractivity contribution in [2.24, 2.45) is 0 Å². The van der Waals surface area contributed by atoms with Gasteiger partial charge in [-0.2, -0.15) is 0 Å². The summed E-state index contributed by atoms with van der Waals surface area (Å²) in [4.78, 5) is 38.1. The van der Waals surface area contributed by atoms with Crippen molar-refractivity contribution in [1.82, 2.24) is 0 Å². The zero-order chi connectivity index (χ0) is 20.0. The van der Waals surface area contributed by atoms with E-state index in [1.807, 2.05) is 32.0 Å². The highest BCUT2D eigenvalue weighted by atomic mass is 16.5. The fourth-order valence-corrected chi connectivity index (χ4v) is 2.85. The predicted molar refractivity (Wildman–Crippen MR) is 105 cm³/mol. The van der Waals surface area contributed by atoms with Gasteiger partial charge in [0, 0.05) is 12.6 Å². The van der Waals surface area contributed by atoms with Crippen LogP contribution in [0.25, 0.3) is 0 Å². The van der Waals surface area contributed by atoms with E-state index in [2.05, 4.69) is 5.32 Å². The first-order valence-corrected chi connectivity index (χ1v) is 8.74. The van der Waals surface area contributed by atoms with Crippen molar-refractivity contribution >= 4 is 29.2 Å². The van der Waals surface area contributed by atoms with Crippen molar-refractivity contribution in [1.29, 1.82) is 0 Å². The Kier molecular flexibility index (Phi) is 6.71. The number of ether oxygens (including phenoxy) is 1. The van der Waals surface area contributed by atoms with Crippen molar-refractivity contribution in [3.63, 3.8) is 0 Å². The second kappa shape index (κ2) is 8.98. The van der Waals surface area contributed by atoms with Gasteiger partial charge in [0.2, 0.25) is 11.8 Å². The van der Waals surface area contributed by atoms with E-state index in [0.717, 1.165) is 11.1 Å². The number of carbonyl (C=O) groups excluding carboxylic acids is 3. The summed E-state index contributed by atoms with van der Waals surface area (Å²) >= 11 is 0. The number of anilines is 2. The minimum absolute atomic E-state index is 0.210. The number of nitrogens with zero attached hydrogens (tertiary/aromatic N) is 1. The SMILES string of the molecule is CCOC(=O)c1ccccc1N(CC(=O)Nc1cc(C)cc(C)c1)C(C)=O. The van der Waals surface area contributed by atoms with Gasteiger partial charge in [-0.15, -0.1) is 0 Å². The van der Waals surface area contributed by atoms with Gasteiger partial charge in [-0.05, 0) is 56.2 Å². The number of hydrogen-bond acceptors (Lipinski definition) is 4. The second-order valence-corrected chi connectivity index (χ2v) is 6.27. The topological polar surface area (TPSA) is 75.7 Å². The second-order valence-electron chi connectivity index (χ2n) is 6.27. The third-order valence-electron chi connectivity index (χ3n) is 3.88. The summed E-state index contributed by atoms with van der Waals surface area (Å²) in [5, 5.41) is 2.80. The maximum absolute atomic E-state index is 12.5. The van der Waals surface area contributed by atoms with Crippen LogP contribution >= 0.6 is 0 Å². The molecule has 0 heterocycles. The summed E-state index contributed by atoms with van der Waals surface area (Å²) in [5.41, 5.74) is 3.32. The molecule has 0 saturated carbocycles. The lowest BCUT2D eigenvalue weighted by molar-refractivity contribution is -0.120. The van der Waals surface area contributed by atoms with Gasteiger partial charge in [-0.25, -0.2) is 4.79 Å². The van der Waals surface area contributed by atoms with Crippen LogP contribution in [-0.4, -0.2) is 30.9 Å². The van der Waals surface area contributed by atoms with Gasteiger partial charge in [0.05, 0.1) is 17.9 Å². The molecule has 142 valence electrons. The molecule has 6 heteroatoms. The molecule has 0 aromatic heterocycles. The molecule has 0 aliphatic rings. The van der Waals surface area contributed by atoms with Crippen molar-refractivity contribution in [3.8, 4) is 0 Å². The molecular weight excluding hydrogens is 344 g/mol. The van der Waals surface area contributed by atoms with Crippen molar-refractivity contribution in [2.45, 2.75) is 27.7 Å². The van der Waals surface area contributed by atoms with Crippen LogP contribution in [0.5, 0.6) is 0 Å². The first-order valence-electron chi connectivity index (χ1n) is 8.74. The summed E-state index contributed by atoms with van der Waals surface area (Å²) in [5.74, 6) is -1.23. The molecule has 0 aliphatic heterocycles. The highest BCUT2D eigenvalue weighted by Crippen LogP contribution is 2.22. The number of esters is 1. The smallest absolute Gasteiger partial charge is 0.340 e. The van der Waals surface area contributed by atoms with Gasteiger partial charge >= 0.3 is 5.97 Å². The van der Waals surface area contributed by atoms with Crippen LogP contribution < -0.4 is 10.2 Å². The van der Waals surface area contributed by atoms with Crippen LogP contribution in [0.4, 0.5) is 11.4 Å². The Morgan fingerprint density at radius 3 is 2.26 bits per heavy atom. The van der Waals surface area contributed by atoms with Crippen LogP contribution in [0.1, 0.15) is 35.3 Å². The molecule has 0 fully saturated rings. The number of aryl methyl sites for hydroxylation is 2. The Labute approximate surface area is 159 Å². The highest BCUT2D eigenvalue weighted by molar-refractivity contribution is 6.06. The number of rotatable bonds is 6. The van der Waals surface area contributed by atoms with Gasteiger partial charge in [0.1, 0.15) is 6.54 Å². The zero-order valence-electron chi connectivity index (χ0n) is 16.0. The van der Waals surface area contributed by atoms with E-state index >= 15 is 0 Å². The third kappa shape index (κ3) is 5.41. The Bertz CT molecular complexity index is 841. The number of carbonyl (C=O) groups is 3. The summed E-state index contributed by atoms with van der Waals surface area (Å²) in [6.07, 6.45) is 0. The van der Waals surface area contributed by atoms with E-state index in [0.29, 0.717) is 11.4 Å². The zero-order valence-corrected chi connectivity index (χ0v) is 16.0. The van der Waals surface area contributed by atoms with E-state index < -0.39 is 5.97 Å². The monoisotopic (exact) mass is 368 g/mol. The lowest BCUT2D eigenvalue weighted by Crippen LogP contribution is -2.37. The molecule has 27 heavy (non-hydrogen) atoms. The molecule has 0 saturated heterocycles. The molecule has 0 atom stereocenters. The molecule has 2 aromatic carbocycles. The molecule has 6 nitrogen and oxygen atoms in total. The summed E-state index contributed by atoms with van der Waals surface area (Å²) in [7, 11) is 0. The lowest BCUT2D eigenvalue weighted by atomic mass is 10.1. The summed E-state index contributed by atoms with van der Waals surface area (Å²) < 4.78 is 5.05. The Balaban J connectivity index is 2.24. The Morgan fingerprint density at radius 1 is 1.04 bits per heavy atom. The highest BCUT2D eigenvalue weighted by Gasteiger charge is 2.22. The number of para-hydroxylation sites is 1. The first-order chi connectivity index (χ1) is 12.8. The van der Waals surface area contributed by atoms with Gasteiger partial charge in [-0.1, -0.05) is 18.2 Å². The molecule has 0 spiro atoms. The molecule has 0 bridgehead atoms. The van der Waals surface area contributed by atoms with Crippen molar-refractivity contribution < 1.29 is 19.1 Å². The van der Waals surface area contributed by atoms with Gasteiger partial charge in [0.25, 0.3) is 0 Å². The van der Waals surface area contributed by atoms with E-state index in [1.165, 1.54) is 11.8 Å². The molecule has 1 N–H and O–H groups in total. The largest absolute Gasteiger partial charge is 0.462 e. The van der Waals surface area contributed by atoms with Gasteiger partial charge in [-0.3, -0.25) is 9.59 Å². The molecule has 2 amide bonds. The molecule has 2 rings (SSSR count). The number of hydrogen-bond donors (Lipinski definition) is 1. The standard InChI is InChI=1S/C21H24N2O4/c1-5-27-21(26)18-8-6-7-9-19(18)23(16(4)24)13-20(25)22-17-11-14(2)10-15(3)12-17/h6-12H,5,13H2,1-4H3,(H,22,25). The fraction of sp³-hybridized carbons (Fsp3) is 0.286. The first kappa shape index (κ1) is 20.2. The van der Waals surface area contributed by atoms with Crippen molar-refractivity contribution in [2.75, 3.05) is 23.4 Å². The lowest BCUT2D eigenvalue weighted by Gasteiger charge is -2.23. The summed E-state index contributed by atoms with van der Waals surface area (Å²) in [6, 6.07) is 12.3. The van der Waals surface area contributed by atoms with Gasteiger partial charge < -0.3 is 15.0 Å². The summed E-state index contributed by atoms with van der Waals surface area (Å²) in [6.45, 7) is 6.96. The maximum atomic E-state index is 12.5. The van der Waals surface area contributed by atoms with E-state index in [1.54, 1.807) is 31.2 Å². The number of benzene rings is 2. The molecule has 0 radical (unpaired) electrons. The van der Waals surface area contributed by atoms with Crippen LogP contribution in [0.3, 0.4) is 0 Å². The molecule has 2 aromatic rings. The normalized spacial score (nSPS) is 10.2. The van der Waals surface area contributed by atoms with Gasteiger partial charge in [0.15, 0.2) is 0 Å². The number of amides is 2.